The summed E-state index contributed by atoms with van der Waals surface area (Å²) in [5.74, 6) is -0.653. The lowest BCUT2D eigenvalue weighted by atomic mass is 10.1. The first-order valence-corrected chi connectivity index (χ1v) is 9.96. The van der Waals surface area contributed by atoms with Gasteiger partial charge < -0.3 is 24.4 Å². The number of rotatable bonds is 4. The summed E-state index contributed by atoms with van der Waals surface area (Å²) in [6.07, 6.45) is -0.365. The molecule has 1 aromatic carbocycles. The highest BCUT2D eigenvalue weighted by molar-refractivity contribution is 5.95. The Labute approximate surface area is 176 Å². The van der Waals surface area contributed by atoms with Crippen LogP contribution in [0.25, 0.3) is 0 Å². The van der Waals surface area contributed by atoms with E-state index in [1.54, 1.807) is 39.0 Å². The van der Waals surface area contributed by atoms with Gasteiger partial charge in [0, 0.05) is 31.9 Å². The van der Waals surface area contributed by atoms with Gasteiger partial charge in [0.25, 0.3) is 0 Å². The summed E-state index contributed by atoms with van der Waals surface area (Å²) >= 11 is 0. The molecule has 2 aliphatic rings. The summed E-state index contributed by atoms with van der Waals surface area (Å²) in [5.41, 5.74) is -1.22. The van der Waals surface area contributed by atoms with Gasteiger partial charge in [-0.05, 0) is 58.9 Å². The predicted molar refractivity (Wildman–Crippen MR) is 110 cm³/mol. The lowest BCUT2D eigenvalue weighted by Crippen LogP contribution is -2.54. The molecule has 1 N–H and O–H groups in total. The van der Waals surface area contributed by atoms with Gasteiger partial charge in [0.15, 0.2) is 5.60 Å². The van der Waals surface area contributed by atoms with E-state index in [9.17, 15) is 19.5 Å². The average Bonchev–Trinajstić information content (AvgIpc) is 2.97. The van der Waals surface area contributed by atoms with E-state index < -0.39 is 17.2 Å². The maximum Gasteiger partial charge on any atom is 0.410 e. The third-order valence-electron chi connectivity index (χ3n) is 5.04. The zero-order chi connectivity index (χ0) is 22.3. The zero-order valence-corrected chi connectivity index (χ0v) is 18.0. The highest BCUT2D eigenvalue weighted by Crippen LogP contribution is 2.29. The SMILES string of the molecule is CC(C)(C)OC(=O)N1CCN2C(=O)N(c3ccc(OC(C)(C)C(=O)O)cc3)CC2C1. The Morgan fingerprint density at radius 2 is 1.67 bits per heavy atom. The number of hydrogen-bond donors (Lipinski definition) is 1. The van der Waals surface area contributed by atoms with E-state index in [4.69, 9.17) is 9.47 Å². The van der Waals surface area contributed by atoms with E-state index in [1.165, 1.54) is 13.8 Å². The third-order valence-corrected chi connectivity index (χ3v) is 5.04. The summed E-state index contributed by atoms with van der Waals surface area (Å²) in [6.45, 7) is 10.2. The number of nitrogens with zero attached hydrogens (tertiary/aromatic N) is 3. The molecule has 0 aliphatic carbocycles. The van der Waals surface area contributed by atoms with Crippen LogP contribution in [0.2, 0.25) is 0 Å². The number of amides is 3. The van der Waals surface area contributed by atoms with Crippen molar-refractivity contribution in [1.29, 1.82) is 0 Å². The van der Waals surface area contributed by atoms with Crippen molar-refractivity contribution in [2.45, 2.75) is 51.9 Å². The van der Waals surface area contributed by atoms with Gasteiger partial charge >= 0.3 is 18.1 Å². The molecule has 0 spiro atoms. The van der Waals surface area contributed by atoms with Gasteiger partial charge in [0.05, 0.1) is 6.04 Å². The molecule has 0 bridgehead atoms. The zero-order valence-electron chi connectivity index (χ0n) is 18.0. The van der Waals surface area contributed by atoms with Gasteiger partial charge in [-0.3, -0.25) is 4.90 Å². The van der Waals surface area contributed by atoms with Gasteiger partial charge in [0.1, 0.15) is 11.4 Å². The third kappa shape index (κ3) is 4.60. The van der Waals surface area contributed by atoms with Gasteiger partial charge in [-0.1, -0.05) is 0 Å². The van der Waals surface area contributed by atoms with Gasteiger partial charge in [-0.15, -0.1) is 0 Å². The van der Waals surface area contributed by atoms with Gasteiger partial charge in [-0.25, -0.2) is 14.4 Å². The molecule has 9 nitrogen and oxygen atoms in total. The van der Waals surface area contributed by atoms with Crippen molar-refractivity contribution in [2.75, 3.05) is 31.1 Å². The van der Waals surface area contributed by atoms with Crippen LogP contribution in [0, 0.1) is 0 Å². The number of aliphatic carboxylic acids is 1. The fourth-order valence-corrected chi connectivity index (χ4v) is 3.45. The van der Waals surface area contributed by atoms with Crippen LogP contribution in [-0.2, 0) is 9.53 Å². The topological polar surface area (TPSA) is 99.6 Å². The minimum absolute atomic E-state index is 0.108. The molecular weight excluding hydrogens is 390 g/mol. The molecule has 9 heteroatoms. The molecule has 2 fully saturated rings. The summed E-state index contributed by atoms with van der Waals surface area (Å²) < 4.78 is 11.0. The van der Waals surface area contributed by atoms with Crippen LogP contribution in [0.15, 0.2) is 24.3 Å². The largest absolute Gasteiger partial charge is 0.478 e. The molecule has 2 saturated heterocycles. The van der Waals surface area contributed by atoms with Gasteiger partial charge in [-0.2, -0.15) is 0 Å². The smallest absolute Gasteiger partial charge is 0.410 e. The van der Waals surface area contributed by atoms with Crippen molar-refractivity contribution in [3.05, 3.63) is 24.3 Å². The number of piperazine rings is 1. The van der Waals surface area contributed by atoms with Crippen LogP contribution < -0.4 is 9.64 Å². The number of urea groups is 1. The summed E-state index contributed by atoms with van der Waals surface area (Å²) in [7, 11) is 0. The van der Waals surface area contributed by atoms with Gasteiger partial charge in [0.2, 0.25) is 0 Å². The van der Waals surface area contributed by atoms with Crippen molar-refractivity contribution in [2.24, 2.45) is 0 Å². The first-order chi connectivity index (χ1) is 13.9. The van der Waals surface area contributed by atoms with Crippen LogP contribution in [0.4, 0.5) is 15.3 Å². The number of ether oxygens (including phenoxy) is 2. The van der Waals surface area contributed by atoms with E-state index >= 15 is 0 Å². The molecule has 2 aliphatic heterocycles. The number of carbonyl (C=O) groups is 3. The number of carboxylic acid groups (broad SMARTS) is 1. The number of fused-ring (bicyclic) bond motifs is 1. The van der Waals surface area contributed by atoms with E-state index in [0.717, 1.165) is 0 Å². The van der Waals surface area contributed by atoms with E-state index in [0.29, 0.717) is 37.6 Å². The maximum absolute atomic E-state index is 12.9. The fraction of sp³-hybridized carbons (Fsp3) is 0.571. The summed E-state index contributed by atoms with van der Waals surface area (Å²) in [5, 5.41) is 9.19. The van der Waals surface area contributed by atoms with E-state index in [2.05, 4.69) is 0 Å². The number of carboxylic acids is 1. The Morgan fingerprint density at radius 3 is 2.23 bits per heavy atom. The average molecular weight is 419 g/mol. The Morgan fingerprint density at radius 1 is 1.03 bits per heavy atom. The monoisotopic (exact) mass is 419 g/mol. The summed E-state index contributed by atoms with van der Waals surface area (Å²) in [6, 6.07) is 6.55. The number of carbonyl (C=O) groups excluding carboxylic acids is 2. The molecule has 1 aromatic rings. The van der Waals surface area contributed by atoms with Crippen LogP contribution in [0.5, 0.6) is 5.75 Å². The maximum atomic E-state index is 12.9. The molecule has 1 atom stereocenters. The van der Waals surface area contributed by atoms with E-state index in [-0.39, 0.29) is 18.2 Å². The molecule has 0 radical (unpaired) electrons. The minimum Gasteiger partial charge on any atom is -0.478 e. The first-order valence-electron chi connectivity index (χ1n) is 9.96. The van der Waals surface area contributed by atoms with Crippen molar-refractivity contribution >= 4 is 23.8 Å². The van der Waals surface area contributed by atoms with Crippen LogP contribution in [0.1, 0.15) is 34.6 Å². The van der Waals surface area contributed by atoms with Crippen molar-refractivity contribution < 1.29 is 29.0 Å². The minimum atomic E-state index is -1.35. The lowest BCUT2D eigenvalue weighted by Gasteiger charge is -2.36. The Kier molecular flexibility index (Phi) is 5.58. The second-order valence-electron chi connectivity index (χ2n) is 9.08. The second-order valence-corrected chi connectivity index (χ2v) is 9.08. The second kappa shape index (κ2) is 7.70. The highest BCUT2D eigenvalue weighted by atomic mass is 16.6. The molecule has 3 rings (SSSR count). The normalized spacial score (nSPS) is 19.6. The summed E-state index contributed by atoms with van der Waals surface area (Å²) in [4.78, 5) is 41.5. The van der Waals surface area contributed by atoms with Crippen LogP contribution >= 0.6 is 0 Å². The molecular formula is C21H29N3O6. The predicted octanol–water partition coefficient (Wildman–Crippen LogP) is 2.79. The first kappa shape index (κ1) is 21.7. The van der Waals surface area contributed by atoms with Crippen molar-refractivity contribution in [3.8, 4) is 5.75 Å². The molecule has 0 saturated carbocycles. The van der Waals surface area contributed by atoms with Crippen LogP contribution in [-0.4, -0.2) is 76.4 Å². The number of benzene rings is 1. The molecule has 164 valence electrons. The number of hydrogen-bond acceptors (Lipinski definition) is 5. The lowest BCUT2D eigenvalue weighted by molar-refractivity contribution is -0.152. The Hall–Kier alpha value is -2.97. The molecule has 30 heavy (non-hydrogen) atoms. The van der Waals surface area contributed by atoms with Crippen molar-refractivity contribution in [1.82, 2.24) is 9.80 Å². The standard InChI is InChI=1S/C21H29N3O6/c1-20(2,3)30-19(28)22-10-11-23-15(12-22)13-24(18(23)27)14-6-8-16(9-7-14)29-21(4,5)17(25)26/h6-9,15H,10-13H2,1-5H3,(H,25,26). The van der Waals surface area contributed by atoms with Crippen LogP contribution in [0.3, 0.4) is 0 Å². The fourth-order valence-electron chi connectivity index (χ4n) is 3.45. The molecule has 1 unspecified atom stereocenters. The molecule has 0 aromatic heterocycles. The Balaban J connectivity index is 1.66. The molecule has 2 heterocycles. The quantitative estimate of drug-likeness (QED) is 0.806. The number of anilines is 1. The highest BCUT2D eigenvalue weighted by Gasteiger charge is 2.43. The van der Waals surface area contributed by atoms with Crippen molar-refractivity contribution in [3.63, 3.8) is 0 Å². The van der Waals surface area contributed by atoms with E-state index in [1.807, 2.05) is 20.8 Å². The Bertz CT molecular complexity index is 830. The molecule has 3 amide bonds.